The van der Waals surface area contributed by atoms with Gasteiger partial charge in [0.15, 0.2) is 0 Å². The van der Waals surface area contributed by atoms with Gasteiger partial charge in [0.2, 0.25) is 10.0 Å². The summed E-state index contributed by atoms with van der Waals surface area (Å²) in [5, 5.41) is 8.53. The van der Waals surface area contributed by atoms with Crippen molar-refractivity contribution in [3.8, 4) is 0 Å². The Hall–Kier alpha value is -0.990. The second-order valence-electron chi connectivity index (χ2n) is 6.74. The minimum atomic E-state index is -3.17. The van der Waals surface area contributed by atoms with Crippen molar-refractivity contribution in [1.82, 2.24) is 24.4 Å². The van der Waals surface area contributed by atoms with Gasteiger partial charge in [0.05, 0.1) is 11.8 Å². The molecular formula is C14H23N5O2S. The van der Waals surface area contributed by atoms with Crippen LogP contribution in [0.4, 0.5) is 0 Å². The Balaban J connectivity index is 1.48. The third kappa shape index (κ3) is 2.68. The second kappa shape index (κ2) is 5.28. The van der Waals surface area contributed by atoms with Crippen molar-refractivity contribution in [2.24, 2.45) is 0 Å². The first kappa shape index (κ1) is 14.6. The van der Waals surface area contributed by atoms with Crippen LogP contribution in [0, 0.1) is 0 Å². The average molecular weight is 325 g/mol. The van der Waals surface area contributed by atoms with E-state index in [1.807, 2.05) is 0 Å². The van der Waals surface area contributed by atoms with Gasteiger partial charge >= 0.3 is 0 Å². The van der Waals surface area contributed by atoms with E-state index in [2.05, 4.69) is 24.4 Å². The predicted molar refractivity (Wildman–Crippen MR) is 81.9 cm³/mol. The molecule has 1 atom stereocenters. The number of likely N-dealkylation sites (tertiary alicyclic amines) is 1. The minimum Gasteiger partial charge on any atom is -0.311 e. The van der Waals surface area contributed by atoms with Crippen molar-refractivity contribution in [2.45, 2.75) is 55.9 Å². The molecular weight excluding hydrogens is 302 g/mol. The van der Waals surface area contributed by atoms with E-state index in [9.17, 15) is 8.42 Å². The molecule has 1 aromatic heterocycles. The van der Waals surface area contributed by atoms with Crippen LogP contribution in [0.25, 0.3) is 0 Å². The van der Waals surface area contributed by atoms with Gasteiger partial charge in [-0.2, -0.15) is 0 Å². The number of rotatable bonds is 6. The van der Waals surface area contributed by atoms with Crippen molar-refractivity contribution in [3.63, 3.8) is 0 Å². The molecule has 0 aromatic carbocycles. The Morgan fingerprint density at radius 2 is 1.95 bits per heavy atom. The fraction of sp³-hybridized carbons (Fsp3) is 0.857. The molecule has 2 aliphatic carbocycles. The number of nitrogens with zero attached hydrogens (tertiary/aromatic N) is 4. The summed E-state index contributed by atoms with van der Waals surface area (Å²) in [7, 11) is -1.68. The SMILES string of the molecule is CNS(=O)(=O)C1CCN(Cc2nnc(C3CC3)n2C2CC2)C1. The van der Waals surface area contributed by atoms with Crippen molar-refractivity contribution in [3.05, 3.63) is 11.6 Å². The molecule has 1 saturated heterocycles. The van der Waals surface area contributed by atoms with Gasteiger partial charge in [-0.25, -0.2) is 13.1 Å². The number of aromatic nitrogens is 3. The summed E-state index contributed by atoms with van der Waals surface area (Å²) < 4.78 is 28.6. The van der Waals surface area contributed by atoms with E-state index in [0.717, 1.165) is 18.2 Å². The van der Waals surface area contributed by atoms with Crippen molar-refractivity contribution in [1.29, 1.82) is 0 Å². The van der Waals surface area contributed by atoms with Gasteiger partial charge < -0.3 is 4.57 Å². The third-order valence-electron chi connectivity index (χ3n) is 4.96. The van der Waals surface area contributed by atoms with E-state index >= 15 is 0 Å². The highest BCUT2D eigenvalue weighted by molar-refractivity contribution is 7.90. The molecule has 0 bridgehead atoms. The number of hydrogen-bond acceptors (Lipinski definition) is 5. The Morgan fingerprint density at radius 1 is 1.18 bits per heavy atom. The first-order chi connectivity index (χ1) is 10.6. The van der Waals surface area contributed by atoms with Crippen molar-refractivity contribution >= 4 is 10.0 Å². The quantitative estimate of drug-likeness (QED) is 0.829. The zero-order valence-corrected chi connectivity index (χ0v) is 13.7. The van der Waals surface area contributed by atoms with Crippen LogP contribution in [0.1, 0.15) is 55.7 Å². The Morgan fingerprint density at radius 3 is 2.59 bits per heavy atom. The lowest BCUT2D eigenvalue weighted by molar-refractivity contribution is 0.315. The van der Waals surface area contributed by atoms with Crippen LogP contribution in [0.15, 0.2) is 0 Å². The molecule has 7 nitrogen and oxygen atoms in total. The van der Waals surface area contributed by atoms with Gasteiger partial charge in [-0.15, -0.1) is 10.2 Å². The molecule has 2 heterocycles. The van der Waals surface area contributed by atoms with E-state index in [1.54, 1.807) is 0 Å². The molecule has 1 aromatic rings. The molecule has 3 aliphatic rings. The molecule has 22 heavy (non-hydrogen) atoms. The van der Waals surface area contributed by atoms with Crippen LogP contribution >= 0.6 is 0 Å². The summed E-state index contributed by atoms with van der Waals surface area (Å²) in [4.78, 5) is 2.19. The Bertz CT molecular complexity index is 663. The molecule has 1 unspecified atom stereocenters. The van der Waals surface area contributed by atoms with Crippen molar-refractivity contribution < 1.29 is 8.42 Å². The zero-order chi connectivity index (χ0) is 15.3. The number of hydrogen-bond donors (Lipinski definition) is 1. The first-order valence-electron chi connectivity index (χ1n) is 8.17. The van der Waals surface area contributed by atoms with E-state index in [-0.39, 0.29) is 5.25 Å². The maximum atomic E-state index is 11.9. The second-order valence-corrected chi connectivity index (χ2v) is 8.91. The molecule has 8 heteroatoms. The lowest BCUT2D eigenvalue weighted by Crippen LogP contribution is -2.34. The van der Waals surface area contributed by atoms with Crippen molar-refractivity contribution in [2.75, 3.05) is 20.1 Å². The van der Waals surface area contributed by atoms with Crippen LogP contribution in [-0.2, 0) is 16.6 Å². The van der Waals surface area contributed by atoms with Gasteiger partial charge in [0.1, 0.15) is 11.6 Å². The molecule has 0 radical (unpaired) electrons. The highest BCUT2D eigenvalue weighted by Crippen LogP contribution is 2.44. The molecule has 0 spiro atoms. The molecule has 0 amide bonds. The summed E-state index contributed by atoms with van der Waals surface area (Å²) in [6, 6.07) is 0.583. The predicted octanol–water partition coefficient (Wildman–Crippen LogP) is 0.614. The van der Waals surface area contributed by atoms with E-state index in [1.165, 1.54) is 32.7 Å². The van der Waals surface area contributed by atoms with Gasteiger partial charge in [-0.1, -0.05) is 0 Å². The maximum Gasteiger partial charge on any atom is 0.215 e. The fourth-order valence-corrected chi connectivity index (χ4v) is 4.51. The summed E-state index contributed by atoms with van der Waals surface area (Å²) in [5.41, 5.74) is 0. The molecule has 3 fully saturated rings. The van der Waals surface area contributed by atoms with E-state index in [4.69, 9.17) is 0 Å². The number of sulfonamides is 1. The molecule has 1 N–H and O–H groups in total. The zero-order valence-electron chi connectivity index (χ0n) is 12.9. The molecule has 1 aliphatic heterocycles. The summed E-state index contributed by atoms with van der Waals surface area (Å²) in [5.74, 6) is 2.79. The highest BCUT2D eigenvalue weighted by atomic mass is 32.2. The van der Waals surface area contributed by atoms with Gasteiger partial charge in [0, 0.05) is 25.0 Å². The standard InChI is InChI=1S/C14H23N5O2S/c1-15-22(20,21)12-6-7-18(8-12)9-13-16-17-14(10-2-3-10)19(13)11-4-5-11/h10-12,15H,2-9H2,1H3. The lowest BCUT2D eigenvalue weighted by Gasteiger charge is -2.16. The van der Waals surface area contributed by atoms with Crippen LogP contribution in [0.5, 0.6) is 0 Å². The van der Waals surface area contributed by atoms with Gasteiger partial charge in [0.25, 0.3) is 0 Å². The smallest absolute Gasteiger partial charge is 0.215 e. The monoisotopic (exact) mass is 325 g/mol. The van der Waals surface area contributed by atoms with Gasteiger partial charge in [-0.05, 0) is 39.2 Å². The first-order valence-corrected chi connectivity index (χ1v) is 9.71. The largest absolute Gasteiger partial charge is 0.311 e. The summed E-state index contributed by atoms with van der Waals surface area (Å²) >= 11 is 0. The maximum absolute atomic E-state index is 11.9. The lowest BCUT2D eigenvalue weighted by atomic mass is 10.3. The normalized spacial score (nSPS) is 26.7. The fourth-order valence-electron chi connectivity index (χ4n) is 3.36. The summed E-state index contributed by atoms with van der Waals surface area (Å²) in [6.07, 6.45) is 5.60. The topological polar surface area (TPSA) is 80.1 Å². The molecule has 4 rings (SSSR count). The van der Waals surface area contributed by atoms with Crippen LogP contribution in [0.3, 0.4) is 0 Å². The Kier molecular flexibility index (Phi) is 3.50. The van der Waals surface area contributed by atoms with E-state index < -0.39 is 10.0 Å². The van der Waals surface area contributed by atoms with Gasteiger partial charge in [-0.3, -0.25) is 4.90 Å². The van der Waals surface area contributed by atoms with E-state index in [0.29, 0.717) is 31.5 Å². The summed E-state index contributed by atoms with van der Waals surface area (Å²) in [6.45, 7) is 2.10. The third-order valence-corrected chi connectivity index (χ3v) is 6.80. The van der Waals surface area contributed by atoms with Crippen LogP contribution in [-0.4, -0.2) is 53.5 Å². The average Bonchev–Trinajstić information content (AvgIpc) is 3.43. The van der Waals surface area contributed by atoms with Crippen LogP contribution < -0.4 is 4.72 Å². The Labute approximate surface area is 131 Å². The minimum absolute atomic E-state index is 0.308. The molecule has 2 saturated carbocycles. The number of nitrogens with one attached hydrogen (secondary N) is 1. The highest BCUT2D eigenvalue weighted by Gasteiger charge is 2.38. The van der Waals surface area contributed by atoms with Crippen LogP contribution in [0.2, 0.25) is 0 Å². The molecule has 122 valence electrons.